The van der Waals surface area contributed by atoms with Crippen molar-refractivity contribution in [1.29, 1.82) is 0 Å². The molecule has 0 radical (unpaired) electrons. The van der Waals surface area contributed by atoms with Gasteiger partial charge in [-0.1, -0.05) is 19.1 Å². The number of hydrogen-bond donors (Lipinski definition) is 1. The van der Waals surface area contributed by atoms with E-state index in [-0.39, 0.29) is 24.2 Å². The van der Waals surface area contributed by atoms with E-state index in [4.69, 9.17) is 0 Å². The van der Waals surface area contributed by atoms with Gasteiger partial charge < -0.3 is 20.0 Å². The lowest BCUT2D eigenvalue weighted by Gasteiger charge is -2.33. The lowest BCUT2D eigenvalue weighted by molar-refractivity contribution is 0.0638. The molecule has 1 aliphatic rings. The van der Waals surface area contributed by atoms with Crippen molar-refractivity contribution < 1.29 is 14.0 Å². The number of para-hydroxylation sites is 1. The summed E-state index contributed by atoms with van der Waals surface area (Å²) in [5, 5.41) is 5.03. The predicted molar refractivity (Wildman–Crippen MR) is 116 cm³/mol. The molecule has 1 aromatic heterocycles. The van der Waals surface area contributed by atoms with Crippen LogP contribution < -0.4 is 5.32 Å². The van der Waals surface area contributed by atoms with Gasteiger partial charge >= 0.3 is 6.03 Å². The third-order valence-corrected chi connectivity index (χ3v) is 6.02. The second-order valence-corrected chi connectivity index (χ2v) is 8.43. The molecule has 7 nitrogen and oxygen atoms in total. The first kappa shape index (κ1) is 22.2. The van der Waals surface area contributed by atoms with E-state index in [0.717, 1.165) is 19.6 Å². The van der Waals surface area contributed by atoms with Crippen LogP contribution in [0.3, 0.4) is 0 Å². The fourth-order valence-electron chi connectivity index (χ4n) is 3.30. The van der Waals surface area contributed by atoms with E-state index in [2.05, 4.69) is 22.1 Å². The van der Waals surface area contributed by atoms with Crippen molar-refractivity contribution in [2.45, 2.75) is 33.4 Å². The summed E-state index contributed by atoms with van der Waals surface area (Å²) in [6, 6.07) is 5.52. The Hall–Kier alpha value is -2.52. The molecule has 3 rings (SSSR count). The fraction of sp³-hybridized carbons (Fsp3) is 0.476. The minimum Gasteiger partial charge on any atom is -0.335 e. The summed E-state index contributed by atoms with van der Waals surface area (Å²) >= 11 is 1.35. The maximum Gasteiger partial charge on any atom is 0.322 e. The van der Waals surface area contributed by atoms with Crippen LogP contribution in [0.4, 0.5) is 14.9 Å². The summed E-state index contributed by atoms with van der Waals surface area (Å²) in [4.78, 5) is 35.6. The van der Waals surface area contributed by atoms with Crippen molar-refractivity contribution in [3.8, 4) is 0 Å². The van der Waals surface area contributed by atoms with Gasteiger partial charge in [-0.15, -0.1) is 11.3 Å². The Morgan fingerprint density at radius 2 is 1.93 bits per heavy atom. The molecule has 1 saturated heterocycles. The number of aromatic nitrogens is 1. The Morgan fingerprint density at radius 1 is 1.23 bits per heavy atom. The van der Waals surface area contributed by atoms with Gasteiger partial charge in [-0.25, -0.2) is 14.2 Å². The lowest BCUT2D eigenvalue weighted by atomic mass is 10.3. The number of carbonyl (C=O) groups excluding carboxylic acids is 2. The molecule has 0 atom stereocenters. The number of amides is 3. The first-order valence-electron chi connectivity index (χ1n) is 10.2. The molecule has 2 aromatic rings. The number of nitrogens with zero attached hydrogens (tertiary/aromatic N) is 4. The van der Waals surface area contributed by atoms with Gasteiger partial charge in [0.25, 0.3) is 5.91 Å². The molecular formula is C21H28FN5O2S. The minimum atomic E-state index is -0.486. The van der Waals surface area contributed by atoms with Crippen LogP contribution >= 0.6 is 11.3 Å². The summed E-state index contributed by atoms with van der Waals surface area (Å²) in [6.07, 6.45) is 0. The van der Waals surface area contributed by atoms with Gasteiger partial charge in [0.2, 0.25) is 0 Å². The normalized spacial score (nSPS) is 14.8. The second kappa shape index (κ2) is 9.99. The summed E-state index contributed by atoms with van der Waals surface area (Å²) in [6.45, 7) is 10.3. The van der Waals surface area contributed by atoms with Crippen molar-refractivity contribution in [1.82, 2.24) is 19.7 Å². The zero-order valence-electron chi connectivity index (χ0n) is 17.6. The molecule has 0 spiro atoms. The predicted octanol–water partition coefficient (Wildman–Crippen LogP) is 3.50. The van der Waals surface area contributed by atoms with Crippen LogP contribution in [0.1, 0.15) is 36.3 Å². The van der Waals surface area contributed by atoms with Crippen molar-refractivity contribution in [3.05, 3.63) is 46.2 Å². The zero-order valence-corrected chi connectivity index (χ0v) is 18.4. The number of anilines is 1. The smallest absolute Gasteiger partial charge is 0.322 e. The molecule has 0 unspecified atom stereocenters. The van der Waals surface area contributed by atoms with Gasteiger partial charge in [-0.2, -0.15) is 0 Å². The van der Waals surface area contributed by atoms with Crippen LogP contribution in [0.5, 0.6) is 0 Å². The number of benzene rings is 1. The van der Waals surface area contributed by atoms with Crippen LogP contribution in [-0.2, 0) is 6.54 Å². The summed E-state index contributed by atoms with van der Waals surface area (Å²) in [5.74, 6) is -0.556. The maximum atomic E-state index is 13.9. The zero-order chi connectivity index (χ0) is 21.7. The monoisotopic (exact) mass is 433 g/mol. The van der Waals surface area contributed by atoms with Gasteiger partial charge in [0, 0.05) is 37.6 Å². The molecule has 2 heterocycles. The van der Waals surface area contributed by atoms with E-state index in [1.807, 2.05) is 18.7 Å². The highest BCUT2D eigenvalue weighted by atomic mass is 32.1. The van der Waals surface area contributed by atoms with Crippen LogP contribution in [0.15, 0.2) is 29.6 Å². The molecule has 1 fully saturated rings. The number of carbonyl (C=O) groups is 2. The van der Waals surface area contributed by atoms with Crippen LogP contribution in [0.2, 0.25) is 0 Å². The summed E-state index contributed by atoms with van der Waals surface area (Å²) in [5.41, 5.74) is 0.549. The Bertz CT molecular complexity index is 880. The number of thiazole rings is 1. The largest absolute Gasteiger partial charge is 0.335 e. The fourth-order valence-corrected chi connectivity index (χ4v) is 4.06. The van der Waals surface area contributed by atoms with Crippen molar-refractivity contribution in [2.75, 3.05) is 38.0 Å². The molecule has 30 heavy (non-hydrogen) atoms. The molecule has 0 saturated carbocycles. The highest BCUT2D eigenvalue weighted by Crippen LogP contribution is 2.19. The number of piperazine rings is 1. The highest BCUT2D eigenvalue weighted by molar-refractivity contribution is 7.09. The van der Waals surface area contributed by atoms with Gasteiger partial charge in [0.1, 0.15) is 16.5 Å². The highest BCUT2D eigenvalue weighted by Gasteiger charge is 2.25. The average molecular weight is 434 g/mol. The molecular weight excluding hydrogens is 405 g/mol. The first-order chi connectivity index (χ1) is 14.4. The number of nitrogens with one attached hydrogen (secondary N) is 1. The third kappa shape index (κ3) is 5.34. The summed E-state index contributed by atoms with van der Waals surface area (Å²) < 4.78 is 13.9. The molecule has 162 valence electrons. The van der Waals surface area contributed by atoms with E-state index in [1.54, 1.807) is 22.4 Å². The molecule has 3 amide bonds. The molecule has 1 aliphatic heterocycles. The summed E-state index contributed by atoms with van der Waals surface area (Å²) in [7, 11) is 0. The maximum absolute atomic E-state index is 13.9. The van der Waals surface area contributed by atoms with Crippen LogP contribution in [0, 0.1) is 5.82 Å². The van der Waals surface area contributed by atoms with E-state index in [0.29, 0.717) is 23.8 Å². The number of likely N-dealkylation sites (N-methyl/N-ethyl adjacent to an activating group) is 1. The Labute approximate surface area is 180 Å². The Balaban J connectivity index is 1.64. The molecule has 9 heteroatoms. The number of hydrogen-bond acceptors (Lipinski definition) is 5. The molecule has 0 aliphatic carbocycles. The number of rotatable bonds is 6. The molecule has 0 bridgehead atoms. The van der Waals surface area contributed by atoms with Gasteiger partial charge in [0.15, 0.2) is 0 Å². The van der Waals surface area contributed by atoms with Crippen molar-refractivity contribution in [2.24, 2.45) is 0 Å². The number of urea groups is 1. The third-order valence-electron chi connectivity index (χ3n) is 5.18. The van der Waals surface area contributed by atoms with E-state index in [9.17, 15) is 14.0 Å². The Morgan fingerprint density at radius 3 is 2.57 bits per heavy atom. The van der Waals surface area contributed by atoms with Gasteiger partial charge in [-0.3, -0.25) is 4.79 Å². The average Bonchev–Trinajstić information content (AvgIpc) is 3.21. The van der Waals surface area contributed by atoms with E-state index < -0.39 is 11.8 Å². The molecule has 1 aromatic carbocycles. The SMILES string of the molecule is CCN1CCN(C(=O)c2csc(CN(C(=O)Nc3ccccc3F)C(C)C)n2)CC1. The lowest BCUT2D eigenvalue weighted by Crippen LogP contribution is -2.48. The van der Waals surface area contributed by atoms with E-state index >= 15 is 0 Å². The van der Waals surface area contributed by atoms with Gasteiger partial charge in [-0.05, 0) is 32.5 Å². The van der Waals surface area contributed by atoms with Crippen LogP contribution in [-0.4, -0.2) is 70.4 Å². The van der Waals surface area contributed by atoms with Crippen molar-refractivity contribution in [3.63, 3.8) is 0 Å². The minimum absolute atomic E-state index is 0.0693. The van der Waals surface area contributed by atoms with Crippen molar-refractivity contribution >= 4 is 29.0 Å². The van der Waals surface area contributed by atoms with Gasteiger partial charge in [0.05, 0.1) is 12.2 Å². The second-order valence-electron chi connectivity index (χ2n) is 7.48. The Kier molecular flexibility index (Phi) is 7.38. The standard InChI is InChI=1S/C21H28FN5O2S/c1-4-25-9-11-26(12-10-25)20(28)18-14-30-19(23-18)13-27(15(2)3)21(29)24-17-8-6-5-7-16(17)22/h5-8,14-15H,4,9-13H2,1-3H3,(H,24,29). The first-order valence-corrected chi connectivity index (χ1v) is 11.0. The molecule has 1 N–H and O–H groups in total. The topological polar surface area (TPSA) is 68.8 Å². The van der Waals surface area contributed by atoms with Crippen LogP contribution in [0.25, 0.3) is 0 Å². The number of halogens is 1. The van der Waals surface area contributed by atoms with E-state index in [1.165, 1.54) is 23.5 Å². The quantitative estimate of drug-likeness (QED) is 0.757.